The van der Waals surface area contributed by atoms with Crippen LogP contribution in [0, 0.1) is 6.92 Å². The predicted octanol–water partition coefficient (Wildman–Crippen LogP) is 5.10. The zero-order valence-corrected chi connectivity index (χ0v) is 18.8. The van der Waals surface area contributed by atoms with Crippen molar-refractivity contribution in [3.63, 3.8) is 0 Å². The molecular weight excluding hydrogens is 402 g/mol. The van der Waals surface area contributed by atoms with Crippen molar-refractivity contribution in [3.8, 4) is 17.2 Å². The number of benzene rings is 3. The SMILES string of the molecule is COc1cc2c(c(OC)c1OC)/C(=C/c1ccc(C)cc1)C(=O)N(Cc1ccccc1)C2. The number of carbonyl (C=O) groups is 1. The average Bonchev–Trinajstić information content (AvgIpc) is 2.82. The van der Waals surface area contributed by atoms with Crippen molar-refractivity contribution in [3.05, 3.63) is 88.5 Å². The van der Waals surface area contributed by atoms with Gasteiger partial charge in [-0.2, -0.15) is 0 Å². The molecule has 1 aliphatic rings. The molecule has 1 amide bonds. The highest BCUT2D eigenvalue weighted by molar-refractivity contribution is 6.26. The van der Waals surface area contributed by atoms with Crippen molar-refractivity contribution in [2.24, 2.45) is 0 Å². The van der Waals surface area contributed by atoms with Gasteiger partial charge in [0.25, 0.3) is 5.91 Å². The van der Waals surface area contributed by atoms with E-state index in [9.17, 15) is 4.79 Å². The molecule has 0 unspecified atom stereocenters. The Kier molecular flexibility index (Phi) is 6.17. The van der Waals surface area contributed by atoms with Crippen LogP contribution in [0.2, 0.25) is 0 Å². The van der Waals surface area contributed by atoms with E-state index < -0.39 is 0 Å². The van der Waals surface area contributed by atoms with E-state index in [-0.39, 0.29) is 5.91 Å². The van der Waals surface area contributed by atoms with Gasteiger partial charge < -0.3 is 19.1 Å². The van der Waals surface area contributed by atoms with Crippen LogP contribution in [0.4, 0.5) is 0 Å². The Balaban J connectivity index is 1.89. The normalized spacial score (nSPS) is 14.3. The molecule has 1 aliphatic heterocycles. The summed E-state index contributed by atoms with van der Waals surface area (Å²) < 4.78 is 16.9. The van der Waals surface area contributed by atoms with E-state index in [0.717, 1.165) is 27.8 Å². The van der Waals surface area contributed by atoms with Gasteiger partial charge in [-0.1, -0.05) is 60.2 Å². The maximum Gasteiger partial charge on any atom is 0.255 e. The summed E-state index contributed by atoms with van der Waals surface area (Å²) in [6.45, 7) is 3.01. The average molecular weight is 430 g/mol. The fourth-order valence-electron chi connectivity index (χ4n) is 4.08. The molecule has 32 heavy (non-hydrogen) atoms. The molecule has 0 N–H and O–H groups in total. The van der Waals surface area contributed by atoms with E-state index in [1.807, 2.05) is 78.6 Å². The Bertz CT molecular complexity index is 1150. The minimum atomic E-state index is -0.0487. The molecule has 164 valence electrons. The van der Waals surface area contributed by atoms with Gasteiger partial charge in [-0.15, -0.1) is 0 Å². The van der Waals surface area contributed by atoms with Gasteiger partial charge >= 0.3 is 0 Å². The maximum atomic E-state index is 13.7. The minimum absolute atomic E-state index is 0.0487. The van der Waals surface area contributed by atoms with Crippen LogP contribution in [0.5, 0.6) is 17.2 Å². The van der Waals surface area contributed by atoms with Gasteiger partial charge in [0, 0.05) is 18.7 Å². The van der Waals surface area contributed by atoms with Crippen molar-refractivity contribution in [1.82, 2.24) is 4.90 Å². The third-order valence-corrected chi connectivity index (χ3v) is 5.66. The Labute approximate surface area is 188 Å². The molecule has 0 bridgehead atoms. The molecule has 3 aromatic carbocycles. The topological polar surface area (TPSA) is 48.0 Å². The minimum Gasteiger partial charge on any atom is -0.493 e. The summed E-state index contributed by atoms with van der Waals surface area (Å²) in [5.41, 5.74) is 5.46. The van der Waals surface area contributed by atoms with Crippen molar-refractivity contribution in [2.75, 3.05) is 21.3 Å². The van der Waals surface area contributed by atoms with Crippen LogP contribution in [0.3, 0.4) is 0 Å². The van der Waals surface area contributed by atoms with Crippen LogP contribution in [0.1, 0.15) is 27.8 Å². The number of methoxy groups -OCH3 is 3. The van der Waals surface area contributed by atoms with E-state index >= 15 is 0 Å². The molecule has 0 aromatic heterocycles. The second kappa shape index (κ2) is 9.18. The monoisotopic (exact) mass is 429 g/mol. The number of ether oxygens (including phenoxy) is 3. The molecular formula is C27H27NO4. The summed E-state index contributed by atoms with van der Waals surface area (Å²) in [5, 5.41) is 0. The zero-order valence-electron chi connectivity index (χ0n) is 18.8. The van der Waals surface area contributed by atoms with Crippen molar-refractivity contribution < 1.29 is 19.0 Å². The number of amides is 1. The number of nitrogens with zero attached hydrogens (tertiary/aromatic N) is 1. The van der Waals surface area contributed by atoms with Crippen molar-refractivity contribution in [1.29, 1.82) is 0 Å². The number of carbonyl (C=O) groups excluding carboxylic acids is 1. The molecule has 0 radical (unpaired) electrons. The largest absolute Gasteiger partial charge is 0.493 e. The number of rotatable bonds is 6. The summed E-state index contributed by atoms with van der Waals surface area (Å²) in [5.74, 6) is 1.51. The van der Waals surface area contributed by atoms with E-state index in [1.165, 1.54) is 0 Å². The van der Waals surface area contributed by atoms with E-state index in [0.29, 0.717) is 35.9 Å². The molecule has 3 aromatic rings. The highest BCUT2D eigenvalue weighted by Gasteiger charge is 2.34. The van der Waals surface area contributed by atoms with Crippen LogP contribution in [0.15, 0.2) is 60.7 Å². The first kappa shape index (κ1) is 21.5. The summed E-state index contributed by atoms with van der Waals surface area (Å²) in [7, 11) is 4.76. The molecule has 5 nitrogen and oxygen atoms in total. The molecule has 0 fully saturated rings. The fraction of sp³-hybridized carbons (Fsp3) is 0.222. The lowest BCUT2D eigenvalue weighted by Crippen LogP contribution is -2.35. The fourth-order valence-corrected chi connectivity index (χ4v) is 4.08. The first-order chi connectivity index (χ1) is 15.5. The Hall–Kier alpha value is -3.73. The highest BCUT2D eigenvalue weighted by atomic mass is 16.5. The van der Waals surface area contributed by atoms with Gasteiger partial charge in [0.05, 0.1) is 26.9 Å². The van der Waals surface area contributed by atoms with Gasteiger partial charge in [0.2, 0.25) is 5.75 Å². The summed E-state index contributed by atoms with van der Waals surface area (Å²) in [6, 6.07) is 20.0. The Morgan fingerprint density at radius 3 is 2.22 bits per heavy atom. The van der Waals surface area contributed by atoms with Gasteiger partial charge in [0.15, 0.2) is 11.5 Å². The van der Waals surface area contributed by atoms with Gasteiger partial charge in [-0.05, 0) is 35.8 Å². The molecule has 1 heterocycles. The van der Waals surface area contributed by atoms with Gasteiger partial charge in [-0.3, -0.25) is 4.79 Å². The zero-order chi connectivity index (χ0) is 22.7. The molecule has 0 spiro atoms. The molecule has 0 saturated heterocycles. The lowest BCUT2D eigenvalue weighted by Gasteiger charge is -2.32. The number of fused-ring (bicyclic) bond motifs is 1. The molecule has 5 heteroatoms. The number of hydrogen-bond donors (Lipinski definition) is 0. The number of aryl methyl sites for hydroxylation is 1. The first-order valence-corrected chi connectivity index (χ1v) is 10.5. The summed E-state index contributed by atoms with van der Waals surface area (Å²) in [4.78, 5) is 15.6. The second-order valence-corrected chi connectivity index (χ2v) is 7.79. The van der Waals surface area contributed by atoms with Gasteiger partial charge in [0.1, 0.15) is 0 Å². The molecule has 0 atom stereocenters. The smallest absolute Gasteiger partial charge is 0.255 e. The third-order valence-electron chi connectivity index (χ3n) is 5.66. The molecule has 0 aliphatic carbocycles. The number of hydrogen-bond acceptors (Lipinski definition) is 4. The molecule has 4 rings (SSSR count). The lowest BCUT2D eigenvalue weighted by atomic mass is 9.90. The highest BCUT2D eigenvalue weighted by Crippen LogP contribution is 2.47. The van der Waals surface area contributed by atoms with E-state index in [1.54, 1.807) is 21.3 Å². The first-order valence-electron chi connectivity index (χ1n) is 10.5. The van der Waals surface area contributed by atoms with Crippen LogP contribution in [0.25, 0.3) is 11.6 Å². The Morgan fingerprint density at radius 1 is 0.906 bits per heavy atom. The standard InChI is InChI=1S/C27H27NO4/c1-18-10-12-19(13-11-18)14-22-24-21(15-23(30-2)25(31-3)26(24)32-4)17-28(27(22)29)16-20-8-6-5-7-9-20/h5-15H,16-17H2,1-4H3/b22-14-. The molecule has 0 saturated carbocycles. The van der Waals surface area contributed by atoms with Crippen molar-refractivity contribution in [2.45, 2.75) is 20.0 Å². The van der Waals surface area contributed by atoms with Crippen LogP contribution < -0.4 is 14.2 Å². The van der Waals surface area contributed by atoms with Crippen LogP contribution in [-0.4, -0.2) is 32.1 Å². The summed E-state index contributed by atoms with van der Waals surface area (Å²) >= 11 is 0. The van der Waals surface area contributed by atoms with Crippen LogP contribution >= 0.6 is 0 Å². The van der Waals surface area contributed by atoms with E-state index in [2.05, 4.69) is 0 Å². The third kappa shape index (κ3) is 4.06. The van der Waals surface area contributed by atoms with Crippen molar-refractivity contribution >= 4 is 17.6 Å². The maximum absolute atomic E-state index is 13.7. The predicted molar refractivity (Wildman–Crippen MR) is 126 cm³/mol. The lowest BCUT2D eigenvalue weighted by molar-refractivity contribution is -0.126. The quantitative estimate of drug-likeness (QED) is 0.511. The summed E-state index contributed by atoms with van der Waals surface area (Å²) in [6.07, 6.45) is 1.92. The van der Waals surface area contributed by atoms with Crippen LogP contribution in [-0.2, 0) is 17.9 Å². The second-order valence-electron chi connectivity index (χ2n) is 7.79. The van der Waals surface area contributed by atoms with Gasteiger partial charge in [-0.25, -0.2) is 0 Å². The Morgan fingerprint density at radius 2 is 1.59 bits per heavy atom. The van der Waals surface area contributed by atoms with E-state index in [4.69, 9.17) is 14.2 Å².